The first-order valence-corrected chi connectivity index (χ1v) is 32.1. The van der Waals surface area contributed by atoms with E-state index < -0.39 is 67.5 Å². The Balaban J connectivity index is -0.00000132. The molecule has 0 fully saturated rings. The van der Waals surface area contributed by atoms with Gasteiger partial charge < -0.3 is 28.1 Å². The Morgan fingerprint density at radius 3 is 0.644 bits per heavy atom. The van der Waals surface area contributed by atoms with Gasteiger partial charge in [0.25, 0.3) is 0 Å². The van der Waals surface area contributed by atoms with E-state index in [9.17, 15) is 45.1 Å². The van der Waals surface area contributed by atoms with Crippen LogP contribution in [0.1, 0.15) is 297 Å². The fourth-order valence-electron chi connectivity index (χ4n) is 8.29. The van der Waals surface area contributed by atoms with Gasteiger partial charge in [-0.2, -0.15) is 0 Å². The molecule has 0 aromatic rings. The summed E-state index contributed by atoms with van der Waals surface area (Å²) in [6.07, 6.45) is 43.7. The maximum atomic E-state index is 12.1. The van der Waals surface area contributed by atoms with Crippen LogP contribution in [0.2, 0.25) is 0 Å². The average molecular weight is 1090 g/mol. The summed E-state index contributed by atoms with van der Waals surface area (Å²) >= 11 is 0. The summed E-state index contributed by atoms with van der Waals surface area (Å²) in [6, 6.07) is 0. The molecule has 2 atom stereocenters. The molecule has 0 bridgehead atoms. The number of carbonyl (C=O) groups is 4. The summed E-state index contributed by atoms with van der Waals surface area (Å²) in [5.41, 5.74) is 0. The molecule has 0 radical (unpaired) electrons. The number of carbonyl (C=O) groups excluding carboxylic acids is 4. The minimum absolute atomic E-state index is 0. The topological polar surface area (TPSA) is 220 Å². The molecule has 0 aliphatic rings. The number of unbranched alkanes of at least 4 members (excludes halogenated alkanes) is 36. The normalized spacial score (nSPS) is 12.2. The molecule has 0 heterocycles. The van der Waals surface area contributed by atoms with Crippen LogP contribution in [0, 0.1) is 0 Å². The first-order chi connectivity index (χ1) is 34.6. The van der Waals surface area contributed by atoms with Crippen molar-refractivity contribution in [3.05, 3.63) is 0 Å². The van der Waals surface area contributed by atoms with Gasteiger partial charge in [0.15, 0.2) is 10.5 Å². The molecule has 0 rings (SSSR count). The van der Waals surface area contributed by atoms with Crippen molar-refractivity contribution in [2.24, 2.45) is 0 Å². The van der Waals surface area contributed by atoms with Crippen molar-refractivity contribution in [1.29, 1.82) is 0 Å². The third kappa shape index (κ3) is 53.6. The Morgan fingerprint density at radius 2 is 0.466 bits per heavy atom. The Kier molecular flexibility index (Phi) is 57.3. The van der Waals surface area contributed by atoms with Gasteiger partial charge in [-0.3, -0.25) is 19.2 Å². The van der Waals surface area contributed by atoms with Gasteiger partial charge in [-0.25, -0.2) is 16.8 Å². The summed E-state index contributed by atoms with van der Waals surface area (Å²) in [7, 11) is -10.0. The summed E-state index contributed by atoms with van der Waals surface area (Å²) in [5.74, 6) is -4.02. The van der Waals surface area contributed by atoms with Crippen molar-refractivity contribution in [3.8, 4) is 0 Å². The largest absolute Gasteiger partial charge is 2.00 e. The molecule has 0 saturated heterocycles. The fourth-order valence-corrected chi connectivity index (χ4v) is 9.58. The van der Waals surface area contributed by atoms with E-state index in [0.717, 1.165) is 77.0 Å². The molecule has 0 aromatic carbocycles. The molecule has 73 heavy (non-hydrogen) atoms. The smallest absolute Gasteiger partial charge is 0.747 e. The molecule has 17 heteroatoms. The molecule has 0 aliphatic carbocycles. The van der Waals surface area contributed by atoms with E-state index in [-0.39, 0.29) is 49.5 Å². The van der Waals surface area contributed by atoms with E-state index in [1.54, 1.807) is 0 Å². The van der Waals surface area contributed by atoms with E-state index >= 15 is 0 Å². The zero-order chi connectivity index (χ0) is 53.8. The van der Waals surface area contributed by atoms with E-state index in [0.29, 0.717) is 25.7 Å². The van der Waals surface area contributed by atoms with Crippen molar-refractivity contribution in [1.82, 2.24) is 0 Å². The van der Waals surface area contributed by atoms with Crippen LogP contribution in [0.3, 0.4) is 0 Å². The Hall–Kier alpha value is -1.53. The molecule has 2 unspecified atom stereocenters. The van der Waals surface area contributed by atoms with Crippen molar-refractivity contribution < 1.29 is 64.1 Å². The Bertz CT molecular complexity index is 1390. The second kappa shape index (κ2) is 55.2. The number of hydrogen-bond acceptors (Lipinski definition) is 14. The molecule has 0 aromatic heterocycles. The predicted molar refractivity (Wildman–Crippen MR) is 293 cm³/mol. The standard InChI is InChI=1S/2C28H54O7S.Mg/c2*1-3-5-7-9-11-13-15-17-19-21-23-34-27(29)25-26(36(31,32)33)28(30)35-24-22-20-18-16-14-12-10-8-6-4-2;/h2*26H,3-25H2,1-2H3,(H,31,32,33);/q;;+2/p-2. The maximum Gasteiger partial charge on any atom is 2.00 e. The summed E-state index contributed by atoms with van der Waals surface area (Å²) in [5, 5.41) is -4.08. The first kappa shape index (κ1) is 75.7. The third-order valence-electron chi connectivity index (χ3n) is 12.9. The number of ether oxygens (including phenoxy) is 4. The second-order valence-electron chi connectivity index (χ2n) is 19.9. The minimum Gasteiger partial charge on any atom is -0.747 e. The fraction of sp³-hybridized carbons (Fsp3) is 0.929. The number of rotatable bonds is 52. The first-order valence-electron chi connectivity index (χ1n) is 29.2. The molecule has 14 nitrogen and oxygen atoms in total. The zero-order valence-corrected chi connectivity index (χ0v) is 50.0. The summed E-state index contributed by atoms with van der Waals surface area (Å²) in [4.78, 5) is 48.3. The molecule has 0 amide bonds. The molecule has 0 aliphatic heterocycles. The predicted octanol–water partition coefficient (Wildman–Crippen LogP) is 14.1. The van der Waals surface area contributed by atoms with Crippen molar-refractivity contribution in [2.75, 3.05) is 26.4 Å². The Morgan fingerprint density at radius 1 is 0.301 bits per heavy atom. The van der Waals surface area contributed by atoms with Crippen LogP contribution < -0.4 is 0 Å². The zero-order valence-electron chi connectivity index (χ0n) is 46.9. The van der Waals surface area contributed by atoms with Gasteiger partial charge in [0.1, 0.15) is 20.2 Å². The second-order valence-corrected chi connectivity index (χ2v) is 23.0. The number of hydrogen-bond donors (Lipinski definition) is 0. The van der Waals surface area contributed by atoms with Crippen LogP contribution in [0.4, 0.5) is 0 Å². The molecule has 0 spiro atoms. The minimum atomic E-state index is -5.00. The van der Waals surface area contributed by atoms with Crippen LogP contribution in [-0.2, 0) is 58.4 Å². The van der Waals surface area contributed by atoms with Crippen molar-refractivity contribution >= 4 is 67.2 Å². The van der Waals surface area contributed by atoms with Crippen molar-refractivity contribution in [3.63, 3.8) is 0 Å². The third-order valence-corrected chi connectivity index (χ3v) is 15.0. The van der Waals surface area contributed by atoms with E-state index in [1.807, 2.05) is 0 Å². The quantitative estimate of drug-likeness (QED) is 0.0182. The van der Waals surface area contributed by atoms with Gasteiger partial charge in [0.05, 0.1) is 39.3 Å². The van der Waals surface area contributed by atoms with Gasteiger partial charge in [-0.1, -0.05) is 259 Å². The van der Waals surface area contributed by atoms with Crippen molar-refractivity contribution in [2.45, 2.75) is 308 Å². The maximum absolute atomic E-state index is 12.1. The van der Waals surface area contributed by atoms with Gasteiger partial charge in [0, 0.05) is 0 Å². The van der Waals surface area contributed by atoms with E-state index in [1.165, 1.54) is 154 Å². The Labute approximate surface area is 462 Å². The van der Waals surface area contributed by atoms with Gasteiger partial charge in [-0.15, -0.1) is 0 Å². The van der Waals surface area contributed by atoms with Crippen LogP contribution >= 0.6 is 0 Å². The number of esters is 4. The summed E-state index contributed by atoms with van der Waals surface area (Å²) < 4.78 is 89.1. The summed E-state index contributed by atoms with van der Waals surface area (Å²) in [6.45, 7) is 9.24. The van der Waals surface area contributed by atoms with Gasteiger partial charge in [0.2, 0.25) is 0 Å². The van der Waals surface area contributed by atoms with Gasteiger partial charge >= 0.3 is 46.9 Å². The SMILES string of the molecule is CCCCCCCCCCCCOC(=O)CC(C(=O)OCCCCCCCCCCCC)S(=O)(=O)[O-].CCCCCCCCCCCCOC(=O)CC(C(=O)OCCCCCCCCCCCC)S(=O)(=O)[O-].[Mg+2]. The monoisotopic (exact) mass is 1090 g/mol. The van der Waals surface area contributed by atoms with Crippen LogP contribution in [0.15, 0.2) is 0 Å². The van der Waals surface area contributed by atoms with Crippen LogP contribution in [0.5, 0.6) is 0 Å². The van der Waals surface area contributed by atoms with E-state index in [2.05, 4.69) is 27.7 Å². The van der Waals surface area contributed by atoms with Crippen LogP contribution in [-0.4, -0.2) is 110 Å². The van der Waals surface area contributed by atoms with Crippen LogP contribution in [0.25, 0.3) is 0 Å². The van der Waals surface area contributed by atoms with E-state index in [4.69, 9.17) is 18.9 Å². The molecular weight excluding hydrogens is 985 g/mol. The molecule has 0 saturated carbocycles. The molecule has 428 valence electrons. The molecule has 0 N–H and O–H groups in total. The molecular formula is C56H106MgO14S2. The average Bonchev–Trinajstić information content (AvgIpc) is 3.33. The van der Waals surface area contributed by atoms with Gasteiger partial charge in [-0.05, 0) is 25.7 Å².